The minimum absolute atomic E-state index is 0.286. The van der Waals surface area contributed by atoms with Gasteiger partial charge in [-0.3, -0.25) is 20.2 Å². The number of rotatable bonds is 3. The topological polar surface area (TPSA) is 126 Å². The van der Waals surface area contributed by atoms with Crippen molar-refractivity contribution in [2.24, 2.45) is 0 Å². The molecule has 90 valence electrons. The highest BCUT2D eigenvalue weighted by molar-refractivity contribution is 6.35. The maximum Gasteiger partial charge on any atom is 0.298 e. The number of carboxylic acids is 1. The summed E-state index contributed by atoms with van der Waals surface area (Å²) in [6.07, 6.45) is 0. The lowest BCUT2D eigenvalue weighted by Gasteiger charge is -2.08. The first-order valence-corrected chi connectivity index (χ1v) is 4.48. The molecule has 1 aromatic rings. The van der Waals surface area contributed by atoms with Crippen molar-refractivity contribution in [3.8, 4) is 0 Å². The van der Waals surface area contributed by atoms with E-state index in [1.807, 2.05) is 0 Å². The van der Waals surface area contributed by atoms with Crippen molar-refractivity contribution in [1.29, 1.82) is 0 Å². The van der Waals surface area contributed by atoms with E-state index in [9.17, 15) is 30.1 Å². The van der Waals surface area contributed by atoms with Crippen LogP contribution < -0.4 is 5.11 Å². The van der Waals surface area contributed by atoms with Gasteiger partial charge in [0.2, 0.25) is 0 Å². The van der Waals surface area contributed by atoms with Crippen molar-refractivity contribution in [2.45, 2.75) is 6.92 Å². The van der Waals surface area contributed by atoms with Gasteiger partial charge >= 0.3 is 0 Å². The number of carboxylic acid groups (broad SMARTS) is 1. The van der Waals surface area contributed by atoms with Gasteiger partial charge in [0, 0.05) is 17.2 Å². The standard InChI is InChI=1S/C8H5ClN2O6/c1-3-4(8(12)13)2-5(10(14)15)6(9)7(3)11(16)17/h2H,1H3,(H,12,13)/p-1. The molecule has 0 aliphatic rings. The van der Waals surface area contributed by atoms with Crippen LogP contribution in [0.1, 0.15) is 15.9 Å². The average molecular weight is 260 g/mol. The van der Waals surface area contributed by atoms with E-state index in [1.165, 1.54) is 0 Å². The van der Waals surface area contributed by atoms with Crippen molar-refractivity contribution in [3.05, 3.63) is 42.4 Å². The molecule has 0 aliphatic carbocycles. The number of carbonyl (C=O) groups is 1. The van der Waals surface area contributed by atoms with Gasteiger partial charge in [-0.25, -0.2) is 0 Å². The van der Waals surface area contributed by atoms with Crippen LogP contribution >= 0.6 is 11.6 Å². The third-order valence-corrected chi connectivity index (χ3v) is 2.44. The lowest BCUT2D eigenvalue weighted by Crippen LogP contribution is -2.24. The summed E-state index contributed by atoms with van der Waals surface area (Å²) in [6, 6.07) is 0.639. The molecule has 1 aromatic carbocycles. The number of hydrogen-bond acceptors (Lipinski definition) is 6. The molecular formula is C8H4ClN2O6-. The molecule has 0 heterocycles. The Balaban J connectivity index is 3.76. The number of aromatic carboxylic acids is 1. The fourth-order valence-corrected chi connectivity index (χ4v) is 1.62. The zero-order valence-electron chi connectivity index (χ0n) is 8.30. The zero-order chi connectivity index (χ0) is 13.3. The molecule has 9 heteroatoms. The molecule has 0 atom stereocenters. The van der Waals surface area contributed by atoms with Crippen molar-refractivity contribution < 1.29 is 19.7 Å². The summed E-state index contributed by atoms with van der Waals surface area (Å²) in [5.74, 6) is -1.75. The summed E-state index contributed by atoms with van der Waals surface area (Å²) in [7, 11) is 0. The summed E-state index contributed by atoms with van der Waals surface area (Å²) in [5.41, 5.74) is -2.57. The van der Waals surface area contributed by atoms with Crippen LogP contribution in [0.3, 0.4) is 0 Å². The molecule has 0 aliphatic heterocycles. The first-order valence-electron chi connectivity index (χ1n) is 4.10. The summed E-state index contributed by atoms with van der Waals surface area (Å²) in [6.45, 7) is 1.12. The third-order valence-electron chi connectivity index (χ3n) is 2.07. The Morgan fingerprint density at radius 1 is 1.29 bits per heavy atom. The Kier molecular flexibility index (Phi) is 3.28. The van der Waals surface area contributed by atoms with Gasteiger partial charge < -0.3 is 9.90 Å². The number of nitro groups is 2. The predicted molar refractivity (Wildman–Crippen MR) is 53.8 cm³/mol. The van der Waals surface area contributed by atoms with E-state index in [-0.39, 0.29) is 5.56 Å². The van der Waals surface area contributed by atoms with Gasteiger partial charge in [0.25, 0.3) is 11.4 Å². The third kappa shape index (κ3) is 2.16. The minimum Gasteiger partial charge on any atom is -0.545 e. The van der Waals surface area contributed by atoms with E-state index < -0.39 is 37.8 Å². The van der Waals surface area contributed by atoms with Crippen LogP contribution in [0.25, 0.3) is 0 Å². The molecule has 0 aromatic heterocycles. The van der Waals surface area contributed by atoms with Crippen LogP contribution in [0.4, 0.5) is 11.4 Å². The normalized spacial score (nSPS) is 10.0. The van der Waals surface area contributed by atoms with Crippen LogP contribution in [0, 0.1) is 27.2 Å². The molecule has 0 saturated heterocycles. The van der Waals surface area contributed by atoms with Crippen molar-refractivity contribution >= 4 is 28.9 Å². The van der Waals surface area contributed by atoms with E-state index >= 15 is 0 Å². The number of nitro benzene ring substituents is 2. The molecule has 0 amide bonds. The van der Waals surface area contributed by atoms with E-state index in [0.29, 0.717) is 6.07 Å². The van der Waals surface area contributed by atoms with Crippen LogP contribution in [-0.4, -0.2) is 15.8 Å². The Morgan fingerprint density at radius 3 is 2.18 bits per heavy atom. The van der Waals surface area contributed by atoms with Gasteiger partial charge in [-0.15, -0.1) is 0 Å². The molecule has 8 nitrogen and oxygen atoms in total. The summed E-state index contributed by atoms with van der Waals surface area (Å²) in [5, 5.41) is 31.2. The Bertz CT molecular complexity index is 503. The molecule has 0 unspecified atom stereocenters. The fraction of sp³-hybridized carbons (Fsp3) is 0.125. The monoisotopic (exact) mass is 259 g/mol. The van der Waals surface area contributed by atoms with Gasteiger partial charge in [0.15, 0.2) is 5.02 Å². The highest BCUT2D eigenvalue weighted by Gasteiger charge is 2.29. The summed E-state index contributed by atoms with van der Waals surface area (Å²) < 4.78 is 0. The molecule has 0 spiro atoms. The van der Waals surface area contributed by atoms with Gasteiger partial charge in [-0.1, -0.05) is 11.6 Å². The van der Waals surface area contributed by atoms with Gasteiger partial charge in [0.05, 0.1) is 15.8 Å². The van der Waals surface area contributed by atoms with Crippen molar-refractivity contribution in [3.63, 3.8) is 0 Å². The average Bonchev–Trinajstić information content (AvgIpc) is 2.15. The van der Waals surface area contributed by atoms with Crippen LogP contribution in [0.2, 0.25) is 5.02 Å². The van der Waals surface area contributed by atoms with E-state index in [2.05, 4.69) is 0 Å². The maximum absolute atomic E-state index is 10.7. The SMILES string of the molecule is Cc1c(C(=O)[O-])cc([N+](=O)[O-])c(Cl)c1[N+](=O)[O-]. The first kappa shape index (κ1) is 12.8. The second kappa shape index (κ2) is 4.34. The van der Waals surface area contributed by atoms with E-state index in [0.717, 1.165) is 6.92 Å². The highest BCUT2D eigenvalue weighted by atomic mass is 35.5. The Morgan fingerprint density at radius 2 is 1.82 bits per heavy atom. The highest BCUT2D eigenvalue weighted by Crippen LogP contribution is 2.38. The second-order valence-corrected chi connectivity index (χ2v) is 3.41. The van der Waals surface area contributed by atoms with Crippen molar-refractivity contribution in [1.82, 2.24) is 0 Å². The van der Waals surface area contributed by atoms with Crippen LogP contribution in [0.15, 0.2) is 6.07 Å². The van der Waals surface area contributed by atoms with Gasteiger partial charge in [0.1, 0.15) is 0 Å². The zero-order valence-corrected chi connectivity index (χ0v) is 9.06. The van der Waals surface area contributed by atoms with Crippen LogP contribution in [-0.2, 0) is 0 Å². The molecule has 1 rings (SSSR count). The fourth-order valence-electron chi connectivity index (χ4n) is 1.28. The first-order chi connectivity index (χ1) is 7.77. The smallest absolute Gasteiger partial charge is 0.298 e. The number of carbonyl (C=O) groups excluding carboxylic acids is 1. The molecule has 0 radical (unpaired) electrons. The summed E-state index contributed by atoms with van der Waals surface area (Å²) >= 11 is 5.48. The Hall–Kier alpha value is -2.22. The number of nitrogens with zero attached hydrogens (tertiary/aromatic N) is 2. The lowest BCUT2D eigenvalue weighted by atomic mass is 10.1. The minimum atomic E-state index is -1.75. The van der Waals surface area contributed by atoms with E-state index in [1.54, 1.807) is 0 Å². The molecule has 0 bridgehead atoms. The molecule has 0 saturated carbocycles. The van der Waals surface area contributed by atoms with Crippen molar-refractivity contribution in [2.75, 3.05) is 0 Å². The van der Waals surface area contributed by atoms with E-state index in [4.69, 9.17) is 11.6 Å². The number of halogens is 1. The predicted octanol–water partition coefficient (Wildman–Crippen LogP) is 0.828. The number of benzene rings is 1. The summed E-state index contributed by atoms with van der Waals surface area (Å²) in [4.78, 5) is 30.0. The molecular weight excluding hydrogens is 256 g/mol. The quantitative estimate of drug-likeness (QED) is 0.584. The van der Waals surface area contributed by atoms with Gasteiger partial charge in [-0.05, 0) is 6.92 Å². The van der Waals surface area contributed by atoms with Gasteiger partial charge in [-0.2, -0.15) is 0 Å². The molecule has 0 N–H and O–H groups in total. The molecule has 0 fully saturated rings. The largest absolute Gasteiger partial charge is 0.545 e. The Labute approximate surface area is 98.7 Å². The second-order valence-electron chi connectivity index (χ2n) is 3.03. The maximum atomic E-state index is 10.7. The lowest BCUT2D eigenvalue weighted by molar-refractivity contribution is -0.394. The molecule has 17 heavy (non-hydrogen) atoms. The van der Waals surface area contributed by atoms with Crippen LogP contribution in [0.5, 0.6) is 0 Å². The number of hydrogen-bond donors (Lipinski definition) is 0.